The normalized spacial score (nSPS) is 13.7. The van der Waals surface area contributed by atoms with Crippen molar-refractivity contribution in [1.82, 2.24) is 0 Å². The van der Waals surface area contributed by atoms with Crippen molar-refractivity contribution in [3.63, 3.8) is 0 Å². The van der Waals surface area contributed by atoms with E-state index in [4.69, 9.17) is 18.9 Å². The molecule has 5 nitrogen and oxygen atoms in total. The summed E-state index contributed by atoms with van der Waals surface area (Å²) in [5, 5.41) is 8.90. The Hall–Kier alpha value is -0.190. The first-order chi connectivity index (χ1) is 7.64. The van der Waals surface area contributed by atoms with E-state index in [-0.39, 0.29) is 32.8 Å². The standard InChI is InChI=1S/C10H21O5P/c1-4-9-13-10(7-8-11)16(12,14-5-2)15-6-3/h4,10-11H,1,5-9H2,2-3H3. The van der Waals surface area contributed by atoms with Crippen LogP contribution in [-0.4, -0.2) is 37.4 Å². The Kier molecular flexibility index (Phi) is 8.80. The summed E-state index contributed by atoms with van der Waals surface area (Å²) in [5.74, 6) is -0.740. The van der Waals surface area contributed by atoms with Gasteiger partial charge >= 0.3 is 7.60 Å². The molecule has 0 radical (unpaired) electrons. The van der Waals surface area contributed by atoms with Crippen LogP contribution in [0.5, 0.6) is 0 Å². The predicted octanol–water partition coefficient (Wildman–Crippen LogP) is 2.16. The number of aliphatic hydroxyl groups excluding tert-OH is 1. The first kappa shape index (κ1) is 15.8. The lowest BCUT2D eigenvalue weighted by Crippen LogP contribution is -2.19. The second-order valence-electron chi connectivity index (χ2n) is 2.96. The van der Waals surface area contributed by atoms with Gasteiger partial charge in [0.1, 0.15) is 0 Å². The highest BCUT2D eigenvalue weighted by Gasteiger charge is 2.35. The first-order valence-corrected chi connectivity index (χ1v) is 6.97. The van der Waals surface area contributed by atoms with E-state index in [2.05, 4.69) is 6.58 Å². The molecule has 0 aromatic carbocycles. The monoisotopic (exact) mass is 252 g/mol. The van der Waals surface area contributed by atoms with Crippen LogP contribution in [0.4, 0.5) is 0 Å². The van der Waals surface area contributed by atoms with Gasteiger partial charge in [-0.2, -0.15) is 0 Å². The summed E-state index contributed by atoms with van der Waals surface area (Å²) in [5.41, 5.74) is 0. The van der Waals surface area contributed by atoms with E-state index in [0.717, 1.165) is 0 Å². The Morgan fingerprint density at radius 3 is 2.31 bits per heavy atom. The number of hydrogen-bond donors (Lipinski definition) is 1. The van der Waals surface area contributed by atoms with E-state index in [0.29, 0.717) is 0 Å². The van der Waals surface area contributed by atoms with Crippen LogP contribution < -0.4 is 0 Å². The summed E-state index contributed by atoms with van der Waals surface area (Å²) < 4.78 is 27.9. The minimum atomic E-state index is -3.31. The molecule has 0 spiro atoms. The third-order valence-corrected chi connectivity index (χ3v) is 4.10. The molecule has 0 bridgehead atoms. The lowest BCUT2D eigenvalue weighted by atomic mass is 10.5. The SMILES string of the molecule is C=CCOC(CCO)P(=O)(OCC)OCC. The van der Waals surface area contributed by atoms with Gasteiger partial charge in [-0.05, 0) is 13.8 Å². The van der Waals surface area contributed by atoms with Crippen LogP contribution in [0.1, 0.15) is 20.3 Å². The van der Waals surface area contributed by atoms with Crippen molar-refractivity contribution < 1.29 is 23.5 Å². The average Bonchev–Trinajstić information content (AvgIpc) is 2.24. The maximum atomic E-state index is 12.3. The third kappa shape index (κ3) is 5.23. The van der Waals surface area contributed by atoms with Crippen molar-refractivity contribution in [3.8, 4) is 0 Å². The third-order valence-electron chi connectivity index (χ3n) is 1.75. The van der Waals surface area contributed by atoms with Crippen molar-refractivity contribution in [2.75, 3.05) is 26.4 Å². The van der Waals surface area contributed by atoms with Crippen molar-refractivity contribution >= 4 is 7.60 Å². The van der Waals surface area contributed by atoms with Gasteiger partial charge in [0.25, 0.3) is 0 Å². The van der Waals surface area contributed by atoms with Crippen LogP contribution in [0.15, 0.2) is 12.7 Å². The second-order valence-corrected chi connectivity index (χ2v) is 5.14. The Balaban J connectivity index is 4.62. The quantitative estimate of drug-likeness (QED) is 0.477. The Morgan fingerprint density at radius 1 is 1.38 bits per heavy atom. The number of rotatable bonds is 10. The molecule has 96 valence electrons. The van der Waals surface area contributed by atoms with Crippen molar-refractivity contribution in [3.05, 3.63) is 12.7 Å². The first-order valence-electron chi connectivity index (χ1n) is 5.36. The van der Waals surface area contributed by atoms with E-state index < -0.39 is 13.4 Å². The molecule has 0 heterocycles. The van der Waals surface area contributed by atoms with Gasteiger partial charge in [0.15, 0.2) is 5.85 Å². The van der Waals surface area contributed by atoms with Crippen molar-refractivity contribution in [2.45, 2.75) is 26.1 Å². The van der Waals surface area contributed by atoms with Crippen molar-refractivity contribution in [1.29, 1.82) is 0 Å². The maximum Gasteiger partial charge on any atom is 0.359 e. The van der Waals surface area contributed by atoms with Gasteiger partial charge < -0.3 is 18.9 Å². The molecule has 0 saturated carbocycles. The zero-order chi connectivity index (χ0) is 12.4. The van der Waals surface area contributed by atoms with E-state index in [1.165, 1.54) is 0 Å². The fourth-order valence-electron chi connectivity index (χ4n) is 1.19. The van der Waals surface area contributed by atoms with Crippen LogP contribution >= 0.6 is 7.60 Å². The Labute approximate surface area is 96.9 Å². The van der Waals surface area contributed by atoms with E-state index in [1.54, 1.807) is 19.9 Å². The summed E-state index contributed by atoms with van der Waals surface area (Å²) in [6, 6.07) is 0. The van der Waals surface area contributed by atoms with Crippen LogP contribution in [0.2, 0.25) is 0 Å². The van der Waals surface area contributed by atoms with Gasteiger partial charge in [0.05, 0.1) is 19.8 Å². The number of aliphatic hydroxyl groups is 1. The molecular formula is C10H21O5P. The van der Waals surface area contributed by atoms with Crippen LogP contribution in [-0.2, 0) is 18.3 Å². The molecule has 0 fully saturated rings. The summed E-state index contributed by atoms with van der Waals surface area (Å²) in [6.07, 6.45) is 1.76. The van der Waals surface area contributed by atoms with Gasteiger partial charge in [0.2, 0.25) is 0 Å². The zero-order valence-electron chi connectivity index (χ0n) is 9.92. The van der Waals surface area contributed by atoms with E-state index >= 15 is 0 Å². The molecular weight excluding hydrogens is 231 g/mol. The lowest BCUT2D eigenvalue weighted by Gasteiger charge is -2.25. The summed E-state index contributed by atoms with van der Waals surface area (Å²) in [7, 11) is -3.31. The number of hydrogen-bond acceptors (Lipinski definition) is 5. The highest BCUT2D eigenvalue weighted by Crippen LogP contribution is 2.54. The second kappa shape index (κ2) is 8.90. The van der Waals surface area contributed by atoms with E-state index in [1.807, 2.05) is 0 Å². The molecule has 0 aromatic heterocycles. The minimum Gasteiger partial charge on any atom is -0.396 e. The van der Waals surface area contributed by atoms with Crippen molar-refractivity contribution in [2.24, 2.45) is 0 Å². The molecule has 0 rings (SSSR count). The molecule has 0 amide bonds. The minimum absolute atomic E-state index is 0.133. The largest absolute Gasteiger partial charge is 0.396 e. The lowest BCUT2D eigenvalue weighted by molar-refractivity contribution is 0.0706. The molecule has 0 aliphatic heterocycles. The Bertz CT molecular complexity index is 221. The van der Waals surface area contributed by atoms with Gasteiger partial charge in [-0.25, -0.2) is 0 Å². The van der Waals surface area contributed by atoms with Crippen LogP contribution in [0.3, 0.4) is 0 Å². The zero-order valence-corrected chi connectivity index (χ0v) is 10.8. The highest BCUT2D eigenvalue weighted by molar-refractivity contribution is 7.54. The average molecular weight is 252 g/mol. The predicted molar refractivity (Wildman–Crippen MR) is 62.5 cm³/mol. The van der Waals surface area contributed by atoms with Crippen LogP contribution in [0.25, 0.3) is 0 Å². The molecule has 1 unspecified atom stereocenters. The highest BCUT2D eigenvalue weighted by atomic mass is 31.2. The summed E-state index contributed by atoms with van der Waals surface area (Å²) >= 11 is 0. The molecule has 16 heavy (non-hydrogen) atoms. The van der Waals surface area contributed by atoms with Gasteiger partial charge in [0, 0.05) is 13.0 Å². The molecule has 0 aromatic rings. The smallest absolute Gasteiger partial charge is 0.359 e. The molecule has 0 saturated heterocycles. The van der Waals surface area contributed by atoms with E-state index in [9.17, 15) is 4.57 Å². The summed E-state index contributed by atoms with van der Waals surface area (Å²) in [6.45, 7) is 7.63. The fourth-order valence-corrected chi connectivity index (χ4v) is 3.01. The topological polar surface area (TPSA) is 65.0 Å². The molecule has 0 aliphatic rings. The molecule has 1 N–H and O–H groups in total. The van der Waals surface area contributed by atoms with Gasteiger partial charge in [-0.15, -0.1) is 6.58 Å². The Morgan fingerprint density at radius 2 is 1.94 bits per heavy atom. The van der Waals surface area contributed by atoms with Gasteiger partial charge in [-0.1, -0.05) is 6.08 Å². The molecule has 6 heteroatoms. The molecule has 0 aliphatic carbocycles. The maximum absolute atomic E-state index is 12.3. The summed E-state index contributed by atoms with van der Waals surface area (Å²) in [4.78, 5) is 0. The molecule has 1 atom stereocenters. The van der Waals surface area contributed by atoms with Gasteiger partial charge in [-0.3, -0.25) is 4.57 Å². The van der Waals surface area contributed by atoms with Crippen LogP contribution in [0, 0.1) is 0 Å². The number of ether oxygens (including phenoxy) is 1. The fraction of sp³-hybridized carbons (Fsp3) is 0.800.